The van der Waals surface area contributed by atoms with Crippen molar-refractivity contribution in [3.05, 3.63) is 48.0 Å². The molecule has 2 heterocycles. The van der Waals surface area contributed by atoms with Crippen LogP contribution < -0.4 is 17.0 Å². The lowest BCUT2D eigenvalue weighted by atomic mass is 9.83. The maximum atomic E-state index is 6.60. The Hall–Kier alpha value is -0.900. The van der Waals surface area contributed by atoms with Gasteiger partial charge in [-0.05, 0) is 43.0 Å². The van der Waals surface area contributed by atoms with Crippen LogP contribution in [-0.4, -0.2) is 35.8 Å². The molecule has 3 fully saturated rings. The van der Waals surface area contributed by atoms with Gasteiger partial charge in [-0.25, -0.2) is 0 Å². The monoisotopic (exact) mass is 471 g/mol. The first-order valence-electron chi connectivity index (χ1n) is 12.1. The van der Waals surface area contributed by atoms with Gasteiger partial charge in [-0.3, -0.25) is 0 Å². The van der Waals surface area contributed by atoms with E-state index in [1.54, 1.807) is 0 Å². The third kappa shape index (κ3) is 3.55. The first-order valence-corrected chi connectivity index (χ1v) is 12.1. The van der Waals surface area contributed by atoms with E-state index in [2.05, 4.69) is 56.3 Å². The van der Waals surface area contributed by atoms with Gasteiger partial charge in [-0.1, -0.05) is 62.6 Å². The van der Waals surface area contributed by atoms with Crippen molar-refractivity contribution in [2.45, 2.75) is 77.0 Å². The summed E-state index contributed by atoms with van der Waals surface area (Å²) in [5.74, 6) is 1.67. The van der Waals surface area contributed by atoms with E-state index in [0.717, 1.165) is 18.4 Å². The first-order chi connectivity index (χ1) is 14.2. The fraction of sp³-hybridized carbons (Fsp3) is 0.630. The molecule has 5 atom stereocenters. The highest BCUT2D eigenvalue weighted by Crippen LogP contribution is 2.61. The molecule has 0 spiro atoms. The van der Waals surface area contributed by atoms with Crippen molar-refractivity contribution in [2.75, 3.05) is 19.7 Å². The maximum Gasteiger partial charge on any atom is 0.115 e. The van der Waals surface area contributed by atoms with Crippen molar-refractivity contribution in [2.24, 2.45) is 11.8 Å². The summed E-state index contributed by atoms with van der Waals surface area (Å²) in [6.45, 7) is 9.65. The topological polar surface area (TPSA) is 9.23 Å². The van der Waals surface area contributed by atoms with Crippen LogP contribution in [0, 0.1) is 11.8 Å². The zero-order chi connectivity index (χ0) is 19.9. The number of benzene rings is 2. The van der Waals surface area contributed by atoms with Crippen LogP contribution in [0.25, 0.3) is 10.8 Å². The highest BCUT2D eigenvalue weighted by Gasteiger charge is 2.71. The Labute approximate surface area is 193 Å². The third-order valence-corrected chi connectivity index (χ3v) is 8.94. The highest BCUT2D eigenvalue weighted by molar-refractivity contribution is 5.82. The summed E-state index contributed by atoms with van der Waals surface area (Å²) in [5, 5.41) is 2.74. The molecule has 1 aliphatic carbocycles. The lowest BCUT2D eigenvalue weighted by Crippen LogP contribution is -3.00. The SMILES string of the molecule is CCCCCCO[C@H]1C[N@+]2(Cc3ccc4ccccc4c3)CC[C@@H]3CC[C@H]1[C@@]32C.[Br-]. The Morgan fingerprint density at radius 1 is 1.00 bits per heavy atom. The molecular formula is C27H38BrNO. The molecule has 164 valence electrons. The maximum absolute atomic E-state index is 6.60. The minimum absolute atomic E-state index is 0. The second-order valence-corrected chi connectivity index (χ2v) is 10.3. The largest absolute Gasteiger partial charge is 1.00 e. The summed E-state index contributed by atoms with van der Waals surface area (Å²) in [4.78, 5) is 0. The quantitative estimate of drug-likeness (QED) is 0.423. The summed E-state index contributed by atoms with van der Waals surface area (Å²) < 4.78 is 7.88. The van der Waals surface area contributed by atoms with Gasteiger partial charge in [0.2, 0.25) is 0 Å². The minimum Gasteiger partial charge on any atom is -1.00 e. The molecule has 3 heteroatoms. The smallest absolute Gasteiger partial charge is 0.115 e. The van der Waals surface area contributed by atoms with E-state index in [9.17, 15) is 0 Å². The van der Waals surface area contributed by atoms with Gasteiger partial charge in [-0.15, -0.1) is 0 Å². The van der Waals surface area contributed by atoms with Gasteiger partial charge in [-0.2, -0.15) is 0 Å². The summed E-state index contributed by atoms with van der Waals surface area (Å²) in [6, 6.07) is 15.9. The number of fused-ring (bicyclic) bond motifs is 1. The normalized spacial score (nSPS) is 34.3. The number of halogens is 1. The zero-order valence-corrected chi connectivity index (χ0v) is 20.4. The van der Waals surface area contributed by atoms with Crippen LogP contribution in [0.1, 0.15) is 64.4 Å². The molecule has 2 aromatic carbocycles. The summed E-state index contributed by atoms with van der Waals surface area (Å²) >= 11 is 0. The molecule has 0 unspecified atom stereocenters. The molecule has 2 saturated heterocycles. The van der Waals surface area contributed by atoms with Crippen molar-refractivity contribution in [3.63, 3.8) is 0 Å². The zero-order valence-electron chi connectivity index (χ0n) is 18.8. The predicted octanol–water partition coefficient (Wildman–Crippen LogP) is 3.33. The van der Waals surface area contributed by atoms with Crippen molar-refractivity contribution in [1.82, 2.24) is 0 Å². The molecule has 2 aromatic rings. The number of nitrogens with zero attached hydrogens (tertiary/aromatic N) is 1. The van der Waals surface area contributed by atoms with Crippen LogP contribution in [-0.2, 0) is 11.3 Å². The van der Waals surface area contributed by atoms with Crippen LogP contribution in [0.3, 0.4) is 0 Å². The van der Waals surface area contributed by atoms with Gasteiger partial charge in [0.15, 0.2) is 0 Å². The van der Waals surface area contributed by atoms with Crippen molar-refractivity contribution in [3.8, 4) is 0 Å². The molecule has 0 bridgehead atoms. The summed E-state index contributed by atoms with van der Waals surface area (Å²) in [5.41, 5.74) is 1.94. The van der Waals surface area contributed by atoms with E-state index < -0.39 is 0 Å². The Morgan fingerprint density at radius 3 is 2.67 bits per heavy atom. The Bertz CT molecular complexity index is 869. The first kappa shape index (κ1) is 22.3. The molecule has 0 amide bonds. The standard InChI is InChI=1S/C27H38NO.BrH/c1-3-4-5-8-17-29-26-20-28(16-15-24-13-14-25(26)27(24,28)2)19-21-11-12-22-9-6-7-10-23(22)18-21;/h6-7,9-12,18,24-26H,3-5,8,13-17,19-20H2,1-2H3;1H/q+1;/p-1/t24-,25+,26-,27+,28+;/m0./s1. The minimum atomic E-state index is 0. The van der Waals surface area contributed by atoms with Gasteiger partial charge in [0.25, 0.3) is 0 Å². The molecule has 3 aliphatic rings. The summed E-state index contributed by atoms with van der Waals surface area (Å²) in [7, 11) is 0. The Morgan fingerprint density at radius 2 is 1.83 bits per heavy atom. The fourth-order valence-corrected chi connectivity index (χ4v) is 7.34. The molecule has 0 aromatic heterocycles. The third-order valence-electron chi connectivity index (χ3n) is 8.94. The Balaban J connectivity index is 0.00000218. The van der Waals surface area contributed by atoms with E-state index >= 15 is 0 Å². The summed E-state index contributed by atoms with van der Waals surface area (Å²) in [6.07, 6.45) is 9.92. The number of rotatable bonds is 8. The van der Waals surface area contributed by atoms with Crippen LogP contribution in [0.4, 0.5) is 0 Å². The van der Waals surface area contributed by atoms with E-state index in [-0.39, 0.29) is 17.0 Å². The lowest BCUT2D eigenvalue weighted by molar-refractivity contribution is -0.966. The van der Waals surface area contributed by atoms with Crippen LogP contribution >= 0.6 is 0 Å². The van der Waals surface area contributed by atoms with E-state index in [0.29, 0.717) is 11.6 Å². The van der Waals surface area contributed by atoms with E-state index in [1.165, 1.54) is 85.4 Å². The molecule has 2 nitrogen and oxygen atoms in total. The number of quaternary nitrogens is 1. The van der Waals surface area contributed by atoms with Crippen molar-refractivity contribution < 1.29 is 26.2 Å². The van der Waals surface area contributed by atoms with Crippen molar-refractivity contribution in [1.29, 1.82) is 0 Å². The molecule has 2 aliphatic heterocycles. The van der Waals surface area contributed by atoms with Gasteiger partial charge >= 0.3 is 0 Å². The van der Waals surface area contributed by atoms with Crippen molar-refractivity contribution >= 4 is 10.8 Å². The molecule has 1 saturated carbocycles. The molecule has 0 radical (unpaired) electrons. The van der Waals surface area contributed by atoms with Gasteiger partial charge in [0, 0.05) is 30.4 Å². The second-order valence-electron chi connectivity index (χ2n) is 10.3. The van der Waals surface area contributed by atoms with Crippen LogP contribution in [0.2, 0.25) is 0 Å². The fourth-order valence-electron chi connectivity index (χ4n) is 7.34. The molecule has 0 N–H and O–H groups in total. The van der Waals surface area contributed by atoms with E-state index in [1.807, 2.05) is 0 Å². The number of unbranched alkanes of at least 4 members (excludes halogenated alkanes) is 3. The van der Waals surface area contributed by atoms with Gasteiger partial charge in [0.05, 0.1) is 6.54 Å². The van der Waals surface area contributed by atoms with E-state index in [4.69, 9.17) is 4.74 Å². The second kappa shape index (κ2) is 8.92. The van der Waals surface area contributed by atoms with Crippen LogP contribution in [0.5, 0.6) is 0 Å². The van der Waals surface area contributed by atoms with Gasteiger partial charge < -0.3 is 26.2 Å². The number of hydrogen-bond donors (Lipinski definition) is 0. The highest BCUT2D eigenvalue weighted by atomic mass is 79.9. The predicted molar refractivity (Wildman–Crippen MR) is 121 cm³/mol. The molecular weight excluding hydrogens is 434 g/mol. The lowest BCUT2D eigenvalue weighted by Gasteiger charge is -2.44. The molecule has 30 heavy (non-hydrogen) atoms. The van der Waals surface area contributed by atoms with Gasteiger partial charge in [0.1, 0.15) is 24.7 Å². The molecule has 5 rings (SSSR count). The number of hydrogen-bond acceptors (Lipinski definition) is 1. The Kier molecular flexibility index (Phi) is 6.63. The number of ether oxygens (including phenoxy) is 1. The average molecular weight is 473 g/mol. The van der Waals surface area contributed by atoms with Crippen LogP contribution in [0.15, 0.2) is 42.5 Å². The average Bonchev–Trinajstić information content (AvgIpc) is 3.30.